The van der Waals surface area contributed by atoms with Gasteiger partial charge in [-0.05, 0) is 42.8 Å². The minimum absolute atomic E-state index is 0.226. The number of hydrogen-bond donors (Lipinski definition) is 1. The van der Waals surface area contributed by atoms with Gasteiger partial charge < -0.3 is 9.73 Å². The standard InChI is InChI=1S/C16H14N2O3/c1-10-4-3-5-12(8-10)17-15(19)11-6-7-14-13(9-11)18(2)16(20)21-14/h3-9H,1-2H3,(H,17,19). The molecule has 1 aromatic heterocycles. The Kier molecular flexibility index (Phi) is 3.10. The summed E-state index contributed by atoms with van der Waals surface area (Å²) >= 11 is 0. The van der Waals surface area contributed by atoms with E-state index in [1.54, 1.807) is 25.2 Å². The van der Waals surface area contributed by atoms with Gasteiger partial charge >= 0.3 is 5.76 Å². The highest BCUT2D eigenvalue weighted by Gasteiger charge is 2.11. The van der Waals surface area contributed by atoms with Gasteiger partial charge in [-0.1, -0.05) is 12.1 Å². The fourth-order valence-electron chi connectivity index (χ4n) is 2.19. The number of rotatable bonds is 2. The highest BCUT2D eigenvalue weighted by atomic mass is 16.4. The smallest absolute Gasteiger partial charge is 0.408 e. The number of nitrogens with one attached hydrogen (secondary N) is 1. The molecule has 1 N–H and O–H groups in total. The molecule has 106 valence electrons. The maximum atomic E-state index is 12.3. The third kappa shape index (κ3) is 2.45. The summed E-state index contributed by atoms with van der Waals surface area (Å²) < 4.78 is 6.42. The molecular weight excluding hydrogens is 268 g/mol. The Morgan fingerprint density at radius 2 is 2.00 bits per heavy atom. The summed E-state index contributed by atoms with van der Waals surface area (Å²) in [6.07, 6.45) is 0. The third-order valence-corrected chi connectivity index (χ3v) is 3.33. The number of aryl methyl sites for hydroxylation is 2. The second-order valence-electron chi connectivity index (χ2n) is 4.93. The van der Waals surface area contributed by atoms with Crippen molar-refractivity contribution in [3.8, 4) is 0 Å². The van der Waals surface area contributed by atoms with Gasteiger partial charge in [0.2, 0.25) is 0 Å². The van der Waals surface area contributed by atoms with Crippen molar-refractivity contribution in [3.63, 3.8) is 0 Å². The van der Waals surface area contributed by atoms with E-state index in [0.29, 0.717) is 16.7 Å². The molecule has 0 aliphatic rings. The first kappa shape index (κ1) is 13.2. The van der Waals surface area contributed by atoms with Gasteiger partial charge in [-0.2, -0.15) is 0 Å². The van der Waals surface area contributed by atoms with Crippen molar-refractivity contribution in [2.45, 2.75) is 6.92 Å². The molecule has 0 bridgehead atoms. The second-order valence-corrected chi connectivity index (χ2v) is 4.93. The summed E-state index contributed by atoms with van der Waals surface area (Å²) in [4.78, 5) is 23.7. The Morgan fingerprint density at radius 1 is 1.19 bits per heavy atom. The Morgan fingerprint density at radius 3 is 2.76 bits per heavy atom. The van der Waals surface area contributed by atoms with E-state index in [1.807, 2.05) is 31.2 Å². The zero-order valence-electron chi connectivity index (χ0n) is 11.7. The molecule has 0 unspecified atom stereocenters. The van der Waals surface area contributed by atoms with Crippen LogP contribution in [0.3, 0.4) is 0 Å². The lowest BCUT2D eigenvalue weighted by molar-refractivity contribution is 0.102. The molecule has 3 rings (SSSR count). The van der Waals surface area contributed by atoms with Gasteiger partial charge in [-0.3, -0.25) is 9.36 Å². The van der Waals surface area contributed by atoms with Gasteiger partial charge in [0.1, 0.15) is 0 Å². The summed E-state index contributed by atoms with van der Waals surface area (Å²) in [5.41, 5.74) is 3.34. The van der Waals surface area contributed by atoms with Crippen LogP contribution in [0.4, 0.5) is 5.69 Å². The molecule has 1 amide bonds. The Labute approximate surface area is 120 Å². The summed E-state index contributed by atoms with van der Waals surface area (Å²) in [7, 11) is 1.61. The van der Waals surface area contributed by atoms with Crippen molar-refractivity contribution < 1.29 is 9.21 Å². The number of amides is 1. The van der Waals surface area contributed by atoms with Crippen LogP contribution < -0.4 is 11.1 Å². The normalized spacial score (nSPS) is 10.8. The van der Waals surface area contributed by atoms with Gasteiger partial charge in [0.05, 0.1) is 5.52 Å². The lowest BCUT2D eigenvalue weighted by Gasteiger charge is -2.06. The molecular formula is C16H14N2O3. The minimum Gasteiger partial charge on any atom is -0.408 e. The number of carbonyl (C=O) groups excluding carboxylic acids is 1. The molecule has 2 aromatic carbocycles. The lowest BCUT2D eigenvalue weighted by atomic mass is 10.1. The van der Waals surface area contributed by atoms with Crippen LogP contribution in [0.15, 0.2) is 51.7 Å². The van der Waals surface area contributed by atoms with Gasteiger partial charge in [0, 0.05) is 18.3 Å². The van der Waals surface area contributed by atoms with Crippen molar-refractivity contribution in [3.05, 3.63) is 64.1 Å². The van der Waals surface area contributed by atoms with Crippen molar-refractivity contribution in [2.75, 3.05) is 5.32 Å². The largest absolute Gasteiger partial charge is 0.419 e. The fourth-order valence-corrected chi connectivity index (χ4v) is 2.19. The fraction of sp³-hybridized carbons (Fsp3) is 0.125. The van der Waals surface area contributed by atoms with Gasteiger partial charge in [0.15, 0.2) is 5.58 Å². The average Bonchev–Trinajstić information content (AvgIpc) is 2.74. The zero-order chi connectivity index (χ0) is 15.0. The van der Waals surface area contributed by atoms with Crippen molar-refractivity contribution >= 4 is 22.7 Å². The molecule has 0 saturated carbocycles. The second kappa shape index (κ2) is 4.94. The van der Waals surface area contributed by atoms with Crippen LogP contribution >= 0.6 is 0 Å². The Bertz CT molecular complexity index is 890. The number of oxazole rings is 1. The number of hydrogen-bond acceptors (Lipinski definition) is 3. The molecule has 0 aliphatic carbocycles. The van der Waals surface area contributed by atoms with Crippen LogP contribution in [0.1, 0.15) is 15.9 Å². The highest BCUT2D eigenvalue weighted by molar-refractivity contribution is 6.05. The number of carbonyl (C=O) groups is 1. The van der Waals surface area contributed by atoms with Crippen LogP contribution in [0.5, 0.6) is 0 Å². The summed E-state index contributed by atoms with van der Waals surface area (Å²) in [6.45, 7) is 1.96. The van der Waals surface area contributed by atoms with Crippen LogP contribution in [-0.2, 0) is 7.05 Å². The first-order valence-corrected chi connectivity index (χ1v) is 6.52. The first-order valence-electron chi connectivity index (χ1n) is 6.52. The van der Waals surface area contributed by atoms with Crippen molar-refractivity contribution in [1.29, 1.82) is 0 Å². The topological polar surface area (TPSA) is 64.2 Å². The van der Waals surface area contributed by atoms with Crippen LogP contribution in [0.2, 0.25) is 0 Å². The number of aromatic nitrogens is 1. The summed E-state index contributed by atoms with van der Waals surface area (Å²) in [5.74, 6) is -0.669. The maximum Gasteiger partial charge on any atom is 0.419 e. The maximum absolute atomic E-state index is 12.3. The van der Waals surface area contributed by atoms with Crippen LogP contribution in [-0.4, -0.2) is 10.5 Å². The predicted octanol–water partition coefficient (Wildman–Crippen LogP) is 2.69. The zero-order valence-corrected chi connectivity index (χ0v) is 11.7. The van der Waals surface area contributed by atoms with E-state index in [0.717, 1.165) is 11.3 Å². The molecule has 0 radical (unpaired) electrons. The SMILES string of the molecule is Cc1cccc(NC(=O)c2ccc3oc(=O)n(C)c3c2)c1. The summed E-state index contributed by atoms with van der Waals surface area (Å²) in [5, 5.41) is 2.83. The summed E-state index contributed by atoms with van der Waals surface area (Å²) in [6, 6.07) is 12.5. The van der Waals surface area contributed by atoms with E-state index in [9.17, 15) is 9.59 Å². The highest BCUT2D eigenvalue weighted by Crippen LogP contribution is 2.16. The quantitative estimate of drug-likeness (QED) is 0.786. The number of fused-ring (bicyclic) bond motifs is 1. The number of anilines is 1. The van der Waals surface area contributed by atoms with E-state index in [4.69, 9.17) is 4.42 Å². The van der Waals surface area contributed by atoms with E-state index < -0.39 is 5.76 Å². The molecule has 3 aromatic rings. The van der Waals surface area contributed by atoms with Crippen molar-refractivity contribution in [1.82, 2.24) is 4.57 Å². The van der Waals surface area contributed by atoms with E-state index in [2.05, 4.69) is 5.32 Å². The monoisotopic (exact) mass is 282 g/mol. The number of nitrogens with zero attached hydrogens (tertiary/aromatic N) is 1. The number of benzene rings is 2. The molecule has 1 heterocycles. The van der Waals surface area contributed by atoms with Gasteiger partial charge in [0.25, 0.3) is 5.91 Å². The van der Waals surface area contributed by atoms with E-state index >= 15 is 0 Å². The first-order chi connectivity index (χ1) is 10.0. The van der Waals surface area contributed by atoms with Crippen molar-refractivity contribution in [2.24, 2.45) is 7.05 Å². The third-order valence-electron chi connectivity index (χ3n) is 3.33. The molecule has 5 nitrogen and oxygen atoms in total. The Hall–Kier alpha value is -2.82. The van der Waals surface area contributed by atoms with Crippen LogP contribution in [0, 0.1) is 6.92 Å². The Balaban J connectivity index is 1.94. The van der Waals surface area contributed by atoms with E-state index in [1.165, 1.54) is 4.57 Å². The predicted molar refractivity (Wildman–Crippen MR) is 80.6 cm³/mol. The van der Waals surface area contributed by atoms with Crippen LogP contribution in [0.25, 0.3) is 11.1 Å². The molecule has 0 fully saturated rings. The molecule has 5 heteroatoms. The van der Waals surface area contributed by atoms with Gasteiger partial charge in [-0.15, -0.1) is 0 Å². The molecule has 0 saturated heterocycles. The molecule has 0 aliphatic heterocycles. The molecule has 0 spiro atoms. The van der Waals surface area contributed by atoms with E-state index in [-0.39, 0.29) is 5.91 Å². The van der Waals surface area contributed by atoms with Gasteiger partial charge in [-0.25, -0.2) is 4.79 Å². The lowest BCUT2D eigenvalue weighted by Crippen LogP contribution is -2.12. The molecule has 21 heavy (non-hydrogen) atoms. The minimum atomic E-state index is -0.443. The molecule has 0 atom stereocenters. The average molecular weight is 282 g/mol.